The lowest BCUT2D eigenvalue weighted by Crippen LogP contribution is -2.42. The number of nitrogens with two attached hydrogens (primary N) is 1. The van der Waals surface area contributed by atoms with E-state index >= 15 is 0 Å². The molecule has 0 radical (unpaired) electrons. The fourth-order valence-corrected chi connectivity index (χ4v) is 1.93. The lowest BCUT2D eigenvalue weighted by atomic mass is 10.2. The first-order valence-electron chi connectivity index (χ1n) is 8.18. The van der Waals surface area contributed by atoms with Crippen LogP contribution in [0.3, 0.4) is 0 Å². The van der Waals surface area contributed by atoms with Crippen LogP contribution in [0.15, 0.2) is 60.7 Å². The van der Waals surface area contributed by atoms with Crippen LogP contribution in [-0.2, 0) is 32.3 Å². The number of aliphatic carboxylic acids is 2. The molecule has 0 spiro atoms. The summed E-state index contributed by atoms with van der Waals surface area (Å²) < 4.78 is 11.3. The van der Waals surface area contributed by atoms with Crippen molar-refractivity contribution in [3.05, 3.63) is 71.8 Å². The molecule has 0 aliphatic rings. The average molecular weight is 376 g/mol. The molecule has 0 fully saturated rings. The van der Waals surface area contributed by atoms with Gasteiger partial charge in [-0.05, 0) is 11.1 Å². The second-order valence-electron chi connectivity index (χ2n) is 5.48. The molecule has 27 heavy (non-hydrogen) atoms. The standard InChI is InChI=1S/C17H22N2O2.C2H2O4/c18-19-17(13-20-11-15-7-3-1-4-8-15)14-21-12-16-9-5-2-6-10-16;3-1(4)2(5)6/h1-10,17,19H,11-14,18H2;(H,3,4)(H,5,6). The summed E-state index contributed by atoms with van der Waals surface area (Å²) >= 11 is 0. The summed E-state index contributed by atoms with van der Waals surface area (Å²) in [7, 11) is 0. The number of carbonyl (C=O) groups is 2. The Morgan fingerprint density at radius 2 is 1.19 bits per heavy atom. The van der Waals surface area contributed by atoms with E-state index < -0.39 is 11.9 Å². The molecule has 146 valence electrons. The maximum absolute atomic E-state index is 9.10. The van der Waals surface area contributed by atoms with Gasteiger partial charge in [-0.1, -0.05) is 60.7 Å². The highest BCUT2D eigenvalue weighted by atomic mass is 16.5. The Morgan fingerprint density at radius 3 is 1.48 bits per heavy atom. The van der Waals surface area contributed by atoms with Crippen molar-refractivity contribution in [1.82, 2.24) is 5.43 Å². The van der Waals surface area contributed by atoms with Crippen LogP contribution < -0.4 is 11.3 Å². The van der Waals surface area contributed by atoms with Crippen LogP contribution in [0.4, 0.5) is 0 Å². The maximum atomic E-state index is 9.10. The van der Waals surface area contributed by atoms with E-state index in [0.29, 0.717) is 26.4 Å². The number of carboxylic acids is 2. The first kappa shape index (κ1) is 22.3. The predicted molar refractivity (Wildman–Crippen MR) is 98.6 cm³/mol. The molecule has 0 unspecified atom stereocenters. The summed E-state index contributed by atoms with van der Waals surface area (Å²) in [5, 5.41) is 14.8. The van der Waals surface area contributed by atoms with Gasteiger partial charge in [0.2, 0.25) is 0 Å². The molecule has 2 rings (SSSR count). The molecule has 8 heteroatoms. The quantitative estimate of drug-likeness (QED) is 0.293. The van der Waals surface area contributed by atoms with Gasteiger partial charge in [0.25, 0.3) is 0 Å². The molecule has 0 aliphatic heterocycles. The summed E-state index contributed by atoms with van der Waals surface area (Å²) in [6.45, 7) is 2.19. The summed E-state index contributed by atoms with van der Waals surface area (Å²) in [6, 6.07) is 20.1. The van der Waals surface area contributed by atoms with Crippen molar-refractivity contribution in [1.29, 1.82) is 0 Å². The number of rotatable bonds is 9. The summed E-state index contributed by atoms with van der Waals surface area (Å²) in [4.78, 5) is 18.2. The van der Waals surface area contributed by atoms with E-state index in [1.807, 2.05) is 60.7 Å². The number of ether oxygens (including phenoxy) is 2. The second kappa shape index (κ2) is 13.4. The van der Waals surface area contributed by atoms with E-state index in [9.17, 15) is 0 Å². The van der Waals surface area contributed by atoms with Crippen LogP contribution >= 0.6 is 0 Å². The van der Waals surface area contributed by atoms with Crippen molar-refractivity contribution in [3.8, 4) is 0 Å². The molecule has 0 amide bonds. The van der Waals surface area contributed by atoms with Crippen molar-refractivity contribution in [3.63, 3.8) is 0 Å². The summed E-state index contributed by atoms with van der Waals surface area (Å²) in [6.07, 6.45) is 0. The minimum absolute atomic E-state index is 0.0163. The molecule has 0 bridgehead atoms. The number of carboxylic acid groups (broad SMARTS) is 2. The number of nitrogens with one attached hydrogen (secondary N) is 1. The van der Waals surface area contributed by atoms with Gasteiger partial charge in [0.1, 0.15) is 0 Å². The van der Waals surface area contributed by atoms with Crippen LogP contribution in [-0.4, -0.2) is 41.4 Å². The van der Waals surface area contributed by atoms with E-state index in [1.54, 1.807) is 0 Å². The fourth-order valence-electron chi connectivity index (χ4n) is 1.93. The third-order valence-electron chi connectivity index (χ3n) is 3.28. The minimum Gasteiger partial charge on any atom is -0.473 e. The smallest absolute Gasteiger partial charge is 0.414 e. The normalized spacial score (nSPS) is 10.1. The van der Waals surface area contributed by atoms with Gasteiger partial charge in [0, 0.05) is 0 Å². The van der Waals surface area contributed by atoms with E-state index in [2.05, 4.69) is 5.43 Å². The molecule has 2 aromatic carbocycles. The first-order chi connectivity index (χ1) is 13.0. The van der Waals surface area contributed by atoms with Gasteiger partial charge in [-0.15, -0.1) is 0 Å². The van der Waals surface area contributed by atoms with E-state index in [1.165, 1.54) is 0 Å². The third kappa shape index (κ3) is 10.7. The van der Waals surface area contributed by atoms with Crippen LogP contribution in [0.2, 0.25) is 0 Å². The second-order valence-corrected chi connectivity index (χ2v) is 5.48. The topological polar surface area (TPSA) is 131 Å². The van der Waals surface area contributed by atoms with Gasteiger partial charge in [0.15, 0.2) is 0 Å². The molecule has 2 aromatic rings. The summed E-state index contributed by atoms with van der Waals surface area (Å²) in [5.74, 6) is 1.87. The predicted octanol–water partition coefficient (Wildman–Crippen LogP) is 1.41. The molecule has 0 saturated heterocycles. The Hall–Kier alpha value is -2.78. The van der Waals surface area contributed by atoms with Gasteiger partial charge in [-0.3, -0.25) is 11.3 Å². The largest absolute Gasteiger partial charge is 0.473 e. The zero-order chi connectivity index (χ0) is 19.9. The third-order valence-corrected chi connectivity index (χ3v) is 3.28. The van der Waals surface area contributed by atoms with Crippen molar-refractivity contribution < 1.29 is 29.3 Å². The highest BCUT2D eigenvalue weighted by Gasteiger charge is 2.07. The van der Waals surface area contributed by atoms with Crippen molar-refractivity contribution in [2.24, 2.45) is 5.84 Å². The zero-order valence-corrected chi connectivity index (χ0v) is 14.8. The van der Waals surface area contributed by atoms with Gasteiger partial charge < -0.3 is 19.7 Å². The van der Waals surface area contributed by atoms with E-state index in [-0.39, 0.29) is 6.04 Å². The van der Waals surface area contributed by atoms with Crippen LogP contribution in [0.5, 0.6) is 0 Å². The Labute approximate surface area is 157 Å². The van der Waals surface area contributed by atoms with Gasteiger partial charge in [-0.2, -0.15) is 0 Å². The number of hydrogen-bond donors (Lipinski definition) is 4. The Morgan fingerprint density at radius 1 is 0.815 bits per heavy atom. The first-order valence-corrected chi connectivity index (χ1v) is 8.18. The molecule has 0 atom stereocenters. The summed E-state index contributed by atoms with van der Waals surface area (Å²) in [5.41, 5.74) is 5.03. The molecule has 5 N–H and O–H groups in total. The maximum Gasteiger partial charge on any atom is 0.414 e. The highest BCUT2D eigenvalue weighted by Crippen LogP contribution is 2.03. The van der Waals surface area contributed by atoms with Crippen molar-refractivity contribution in [2.45, 2.75) is 19.3 Å². The van der Waals surface area contributed by atoms with Crippen LogP contribution in [0, 0.1) is 0 Å². The van der Waals surface area contributed by atoms with Crippen LogP contribution in [0.1, 0.15) is 11.1 Å². The van der Waals surface area contributed by atoms with Crippen molar-refractivity contribution in [2.75, 3.05) is 13.2 Å². The Kier molecular flexibility index (Phi) is 11.1. The van der Waals surface area contributed by atoms with Crippen LogP contribution in [0.25, 0.3) is 0 Å². The molecule has 0 aromatic heterocycles. The minimum atomic E-state index is -1.82. The van der Waals surface area contributed by atoms with Gasteiger partial charge >= 0.3 is 11.9 Å². The lowest BCUT2D eigenvalue weighted by molar-refractivity contribution is -0.159. The Balaban J connectivity index is 0.000000527. The number of hydrogen-bond acceptors (Lipinski definition) is 6. The monoisotopic (exact) mass is 376 g/mol. The molecular formula is C19H24N2O6. The molecule has 8 nitrogen and oxygen atoms in total. The zero-order valence-electron chi connectivity index (χ0n) is 14.8. The molecule has 0 heterocycles. The lowest BCUT2D eigenvalue weighted by Gasteiger charge is -2.16. The molecular weight excluding hydrogens is 352 g/mol. The number of benzene rings is 2. The van der Waals surface area contributed by atoms with E-state index in [0.717, 1.165) is 11.1 Å². The average Bonchev–Trinajstić information content (AvgIpc) is 2.69. The molecule has 0 saturated carbocycles. The van der Waals surface area contributed by atoms with Gasteiger partial charge in [0.05, 0.1) is 32.5 Å². The SMILES string of the molecule is NNC(COCc1ccccc1)COCc1ccccc1.O=C(O)C(=O)O. The highest BCUT2D eigenvalue weighted by molar-refractivity contribution is 6.27. The fraction of sp³-hybridized carbons (Fsp3) is 0.263. The Bertz CT molecular complexity index is 609. The molecule has 0 aliphatic carbocycles. The van der Waals surface area contributed by atoms with E-state index in [4.69, 9.17) is 35.1 Å². The van der Waals surface area contributed by atoms with Crippen molar-refractivity contribution >= 4 is 11.9 Å². The number of hydrazine groups is 1. The van der Waals surface area contributed by atoms with Gasteiger partial charge in [-0.25, -0.2) is 9.59 Å².